The molecule has 0 amide bonds. The van der Waals surface area contributed by atoms with Gasteiger partial charge in [-0.15, -0.1) is 0 Å². The van der Waals surface area contributed by atoms with E-state index in [1.165, 1.54) is 0 Å². The molecule has 72 valence electrons. The Labute approximate surface area is 87.5 Å². The maximum atomic E-state index is 5.26. The van der Waals surface area contributed by atoms with Gasteiger partial charge in [-0.2, -0.15) is 0 Å². The van der Waals surface area contributed by atoms with Gasteiger partial charge in [0.2, 0.25) is 0 Å². The highest BCUT2D eigenvalue weighted by molar-refractivity contribution is 7.71. The monoisotopic (exact) mass is 205 g/mol. The molecule has 2 nitrogen and oxygen atoms in total. The molecule has 0 saturated carbocycles. The lowest BCUT2D eigenvalue weighted by molar-refractivity contribution is 0.415. The topological polar surface area (TPSA) is 25.0 Å². The number of ether oxygens (including phenoxy) is 1. The SMILES string of the molecule is COc1ccc2c(=S)cc(C)[nH]c2c1. The molecule has 1 heterocycles. The summed E-state index contributed by atoms with van der Waals surface area (Å²) < 4.78 is 6.02. The fourth-order valence-electron chi connectivity index (χ4n) is 1.49. The van der Waals surface area contributed by atoms with E-state index in [1.54, 1.807) is 7.11 Å². The summed E-state index contributed by atoms with van der Waals surface area (Å²) in [6.07, 6.45) is 0. The number of pyridine rings is 1. The van der Waals surface area contributed by atoms with Crippen LogP contribution in [0.3, 0.4) is 0 Å². The lowest BCUT2D eigenvalue weighted by Crippen LogP contribution is -1.87. The van der Waals surface area contributed by atoms with Crippen molar-refractivity contribution in [2.24, 2.45) is 0 Å². The van der Waals surface area contributed by atoms with Gasteiger partial charge in [0.15, 0.2) is 0 Å². The van der Waals surface area contributed by atoms with E-state index in [0.29, 0.717) is 0 Å². The number of aryl methyl sites for hydroxylation is 1. The van der Waals surface area contributed by atoms with Crippen LogP contribution in [0.4, 0.5) is 0 Å². The molecule has 1 N–H and O–H groups in total. The van der Waals surface area contributed by atoms with Crippen molar-refractivity contribution < 1.29 is 4.74 Å². The molecular formula is C11H11NOS. The molecule has 2 rings (SSSR count). The van der Waals surface area contributed by atoms with Crippen LogP contribution in [0.15, 0.2) is 24.3 Å². The first-order chi connectivity index (χ1) is 6.70. The van der Waals surface area contributed by atoms with Gasteiger partial charge in [-0.1, -0.05) is 12.2 Å². The van der Waals surface area contributed by atoms with E-state index in [0.717, 1.165) is 26.9 Å². The summed E-state index contributed by atoms with van der Waals surface area (Å²) in [5, 5.41) is 1.06. The summed E-state index contributed by atoms with van der Waals surface area (Å²) in [7, 11) is 1.66. The van der Waals surface area contributed by atoms with Crippen molar-refractivity contribution in [2.45, 2.75) is 6.92 Å². The van der Waals surface area contributed by atoms with E-state index in [2.05, 4.69) is 4.98 Å². The smallest absolute Gasteiger partial charge is 0.120 e. The zero-order chi connectivity index (χ0) is 10.1. The summed E-state index contributed by atoms with van der Waals surface area (Å²) in [5.74, 6) is 0.841. The fraction of sp³-hybridized carbons (Fsp3) is 0.182. The minimum Gasteiger partial charge on any atom is -0.497 e. The van der Waals surface area contributed by atoms with Crippen LogP contribution < -0.4 is 4.74 Å². The third kappa shape index (κ3) is 1.51. The summed E-state index contributed by atoms with van der Waals surface area (Å²) >= 11 is 5.26. The van der Waals surface area contributed by atoms with Crippen LogP contribution in [0.2, 0.25) is 0 Å². The number of rotatable bonds is 1. The molecule has 0 bridgehead atoms. The maximum Gasteiger partial charge on any atom is 0.120 e. The maximum absolute atomic E-state index is 5.26. The molecule has 0 unspecified atom stereocenters. The standard InChI is InChI=1S/C11H11NOS/c1-7-5-11(14)9-4-3-8(13-2)6-10(9)12-7/h3-6H,1-2H3,(H,12,14). The zero-order valence-electron chi connectivity index (χ0n) is 8.13. The minimum absolute atomic E-state index is 0.841. The molecule has 1 aromatic carbocycles. The van der Waals surface area contributed by atoms with Gasteiger partial charge in [-0.05, 0) is 25.1 Å². The molecule has 0 aliphatic carbocycles. The third-order valence-electron chi connectivity index (χ3n) is 2.17. The third-order valence-corrected chi connectivity index (χ3v) is 2.51. The molecule has 0 radical (unpaired) electrons. The van der Waals surface area contributed by atoms with Gasteiger partial charge in [0.05, 0.1) is 12.6 Å². The average Bonchev–Trinajstić information content (AvgIpc) is 2.16. The Morgan fingerprint density at radius 1 is 1.29 bits per heavy atom. The van der Waals surface area contributed by atoms with Crippen LogP contribution in [0.25, 0.3) is 10.9 Å². The number of methoxy groups -OCH3 is 1. The second-order valence-corrected chi connectivity index (χ2v) is 3.67. The van der Waals surface area contributed by atoms with Crippen molar-refractivity contribution in [3.8, 4) is 5.75 Å². The van der Waals surface area contributed by atoms with Crippen molar-refractivity contribution in [2.75, 3.05) is 7.11 Å². The van der Waals surface area contributed by atoms with Crippen LogP contribution in [-0.4, -0.2) is 12.1 Å². The normalized spacial score (nSPS) is 10.4. The molecule has 14 heavy (non-hydrogen) atoms. The average molecular weight is 205 g/mol. The number of aromatic amines is 1. The summed E-state index contributed by atoms with van der Waals surface area (Å²) in [5.41, 5.74) is 2.09. The van der Waals surface area contributed by atoms with Crippen LogP contribution in [-0.2, 0) is 0 Å². The molecule has 0 atom stereocenters. The van der Waals surface area contributed by atoms with E-state index in [1.807, 2.05) is 31.2 Å². The van der Waals surface area contributed by atoms with Crippen molar-refractivity contribution in [1.82, 2.24) is 4.98 Å². The van der Waals surface area contributed by atoms with Gasteiger partial charge in [0, 0.05) is 21.7 Å². The number of aromatic nitrogens is 1. The molecule has 0 aliphatic heterocycles. The highest BCUT2D eigenvalue weighted by Crippen LogP contribution is 2.20. The van der Waals surface area contributed by atoms with Gasteiger partial charge in [-0.3, -0.25) is 0 Å². The number of nitrogens with one attached hydrogen (secondary N) is 1. The predicted molar refractivity (Wildman–Crippen MR) is 60.4 cm³/mol. The molecule has 2 aromatic rings. The number of fused-ring (bicyclic) bond motifs is 1. The first-order valence-electron chi connectivity index (χ1n) is 4.38. The van der Waals surface area contributed by atoms with Gasteiger partial charge in [0.25, 0.3) is 0 Å². The highest BCUT2D eigenvalue weighted by atomic mass is 32.1. The van der Waals surface area contributed by atoms with Crippen LogP contribution >= 0.6 is 12.2 Å². The van der Waals surface area contributed by atoms with Crippen LogP contribution in [0.5, 0.6) is 5.75 Å². The number of hydrogen-bond acceptors (Lipinski definition) is 2. The second kappa shape index (κ2) is 3.42. The number of H-pyrrole nitrogens is 1. The van der Waals surface area contributed by atoms with Crippen molar-refractivity contribution in [3.63, 3.8) is 0 Å². The Morgan fingerprint density at radius 3 is 2.79 bits per heavy atom. The van der Waals surface area contributed by atoms with Crippen LogP contribution in [0, 0.1) is 11.4 Å². The van der Waals surface area contributed by atoms with E-state index in [-0.39, 0.29) is 0 Å². The zero-order valence-corrected chi connectivity index (χ0v) is 8.94. The highest BCUT2D eigenvalue weighted by Gasteiger charge is 1.98. The Bertz CT molecular complexity index is 530. The minimum atomic E-state index is 0.841. The van der Waals surface area contributed by atoms with Crippen LogP contribution in [0.1, 0.15) is 5.69 Å². The Kier molecular flexibility index (Phi) is 2.25. The van der Waals surface area contributed by atoms with E-state index < -0.39 is 0 Å². The number of hydrogen-bond donors (Lipinski definition) is 1. The van der Waals surface area contributed by atoms with E-state index >= 15 is 0 Å². The van der Waals surface area contributed by atoms with E-state index in [9.17, 15) is 0 Å². The Balaban J connectivity index is 2.82. The van der Waals surface area contributed by atoms with Gasteiger partial charge >= 0.3 is 0 Å². The largest absolute Gasteiger partial charge is 0.497 e. The molecule has 0 spiro atoms. The lowest BCUT2D eigenvalue weighted by Gasteiger charge is -2.03. The molecular weight excluding hydrogens is 194 g/mol. The quantitative estimate of drug-likeness (QED) is 0.723. The van der Waals surface area contributed by atoms with Crippen molar-refractivity contribution in [3.05, 3.63) is 34.5 Å². The molecule has 3 heteroatoms. The van der Waals surface area contributed by atoms with Gasteiger partial charge < -0.3 is 9.72 Å². The Hall–Kier alpha value is -1.35. The lowest BCUT2D eigenvalue weighted by atomic mass is 10.2. The fourth-order valence-corrected chi connectivity index (χ4v) is 1.85. The second-order valence-electron chi connectivity index (χ2n) is 3.23. The number of benzene rings is 1. The van der Waals surface area contributed by atoms with Crippen molar-refractivity contribution in [1.29, 1.82) is 0 Å². The summed E-state index contributed by atoms with van der Waals surface area (Å²) in [6, 6.07) is 7.82. The molecule has 0 saturated heterocycles. The molecule has 1 aromatic heterocycles. The van der Waals surface area contributed by atoms with Crippen molar-refractivity contribution >= 4 is 23.1 Å². The molecule has 0 aliphatic rings. The predicted octanol–water partition coefficient (Wildman–Crippen LogP) is 3.21. The summed E-state index contributed by atoms with van der Waals surface area (Å²) in [4.78, 5) is 3.26. The summed E-state index contributed by atoms with van der Waals surface area (Å²) in [6.45, 7) is 1.99. The van der Waals surface area contributed by atoms with E-state index in [4.69, 9.17) is 17.0 Å². The van der Waals surface area contributed by atoms with Gasteiger partial charge in [0.1, 0.15) is 5.75 Å². The first-order valence-corrected chi connectivity index (χ1v) is 4.79. The molecule has 0 fully saturated rings. The first kappa shape index (κ1) is 9.21. The van der Waals surface area contributed by atoms with Gasteiger partial charge in [-0.25, -0.2) is 0 Å². The Morgan fingerprint density at radius 2 is 2.07 bits per heavy atom.